The van der Waals surface area contributed by atoms with Gasteiger partial charge >= 0.3 is 0 Å². The number of hydrogen-bond donors (Lipinski definition) is 1. The van der Waals surface area contributed by atoms with Crippen LogP contribution in [0.1, 0.15) is 0 Å². The SMILES string of the molecule is O=C(CN1N=NC2C(=O)N(c3cccc(Cl)c3)C(=O)C21)Nc1cccc(Cl)c1. The molecule has 2 aliphatic heterocycles. The minimum atomic E-state index is -0.981. The van der Waals surface area contributed by atoms with Crippen molar-refractivity contribution in [2.75, 3.05) is 16.8 Å². The molecule has 1 saturated heterocycles. The van der Waals surface area contributed by atoms with Crippen molar-refractivity contribution in [2.45, 2.75) is 12.1 Å². The first-order valence-electron chi connectivity index (χ1n) is 8.30. The number of carbonyl (C=O) groups is 3. The first kappa shape index (κ1) is 18.4. The molecule has 2 aliphatic rings. The molecule has 10 heteroatoms. The zero-order valence-electron chi connectivity index (χ0n) is 14.3. The molecule has 142 valence electrons. The minimum Gasteiger partial charge on any atom is -0.324 e. The van der Waals surface area contributed by atoms with Crippen molar-refractivity contribution in [1.82, 2.24) is 5.01 Å². The molecule has 0 radical (unpaired) electrons. The summed E-state index contributed by atoms with van der Waals surface area (Å²) in [5.74, 6) is -1.42. The first-order chi connectivity index (χ1) is 13.4. The lowest BCUT2D eigenvalue weighted by molar-refractivity contribution is -0.123. The van der Waals surface area contributed by atoms with Gasteiger partial charge < -0.3 is 5.32 Å². The molecule has 2 aromatic carbocycles. The fourth-order valence-electron chi connectivity index (χ4n) is 3.14. The van der Waals surface area contributed by atoms with E-state index in [9.17, 15) is 14.4 Å². The van der Waals surface area contributed by atoms with Crippen molar-refractivity contribution in [2.24, 2.45) is 10.3 Å². The molecule has 0 saturated carbocycles. The molecule has 4 rings (SSSR count). The third kappa shape index (κ3) is 3.32. The molecule has 8 nitrogen and oxygen atoms in total. The molecular weight excluding hydrogens is 405 g/mol. The predicted octanol–water partition coefficient (Wildman–Crippen LogP) is 2.93. The van der Waals surface area contributed by atoms with Crippen molar-refractivity contribution in [1.29, 1.82) is 0 Å². The molecule has 1 N–H and O–H groups in total. The van der Waals surface area contributed by atoms with E-state index in [4.69, 9.17) is 23.2 Å². The van der Waals surface area contributed by atoms with Crippen molar-refractivity contribution in [3.8, 4) is 0 Å². The van der Waals surface area contributed by atoms with Gasteiger partial charge in [0.1, 0.15) is 6.54 Å². The lowest BCUT2D eigenvalue weighted by Crippen LogP contribution is -2.43. The summed E-state index contributed by atoms with van der Waals surface area (Å²) in [6.07, 6.45) is 0. The highest BCUT2D eigenvalue weighted by Crippen LogP contribution is 2.32. The lowest BCUT2D eigenvalue weighted by Gasteiger charge is -2.20. The summed E-state index contributed by atoms with van der Waals surface area (Å²) in [7, 11) is 0. The van der Waals surface area contributed by atoms with Crippen LogP contribution in [0.4, 0.5) is 11.4 Å². The number of fused-ring (bicyclic) bond motifs is 1. The number of nitrogens with zero attached hydrogens (tertiary/aromatic N) is 4. The van der Waals surface area contributed by atoms with Gasteiger partial charge in [0, 0.05) is 15.7 Å². The van der Waals surface area contributed by atoms with Gasteiger partial charge in [0.2, 0.25) is 5.91 Å². The molecule has 0 bridgehead atoms. The number of benzene rings is 2. The third-order valence-corrected chi connectivity index (χ3v) is 4.81. The van der Waals surface area contributed by atoms with Crippen LogP contribution in [0.15, 0.2) is 58.9 Å². The molecule has 1 fully saturated rings. The van der Waals surface area contributed by atoms with Crippen LogP contribution in [-0.4, -0.2) is 41.4 Å². The second-order valence-electron chi connectivity index (χ2n) is 6.24. The zero-order chi connectivity index (χ0) is 19.8. The molecule has 28 heavy (non-hydrogen) atoms. The van der Waals surface area contributed by atoms with Crippen molar-refractivity contribution in [3.63, 3.8) is 0 Å². The average molecular weight is 418 g/mol. The highest BCUT2D eigenvalue weighted by atomic mass is 35.5. The Morgan fingerprint density at radius 3 is 2.46 bits per heavy atom. The molecular formula is C18H13Cl2N5O3. The Morgan fingerprint density at radius 1 is 1.04 bits per heavy atom. The van der Waals surface area contributed by atoms with Crippen molar-refractivity contribution in [3.05, 3.63) is 58.6 Å². The molecule has 0 spiro atoms. The third-order valence-electron chi connectivity index (χ3n) is 4.34. The Labute approximate surface area is 169 Å². The van der Waals surface area contributed by atoms with Gasteiger partial charge in [-0.25, -0.2) is 4.90 Å². The van der Waals surface area contributed by atoms with Crippen LogP contribution in [-0.2, 0) is 14.4 Å². The molecule has 2 atom stereocenters. The van der Waals surface area contributed by atoms with Crippen molar-refractivity contribution >= 4 is 52.3 Å². The van der Waals surface area contributed by atoms with Gasteiger partial charge in [-0.05, 0) is 36.4 Å². The van der Waals surface area contributed by atoms with Crippen LogP contribution >= 0.6 is 23.2 Å². The minimum absolute atomic E-state index is 0.237. The van der Waals surface area contributed by atoms with Crippen LogP contribution in [0.2, 0.25) is 10.0 Å². The fraction of sp³-hybridized carbons (Fsp3) is 0.167. The predicted molar refractivity (Wildman–Crippen MR) is 103 cm³/mol. The zero-order valence-corrected chi connectivity index (χ0v) is 15.8. The second kappa shape index (κ2) is 7.21. The van der Waals surface area contributed by atoms with E-state index in [0.29, 0.717) is 21.4 Å². The maximum absolute atomic E-state index is 12.9. The number of nitrogens with one attached hydrogen (secondary N) is 1. The Hall–Kier alpha value is -2.97. The molecule has 2 aromatic rings. The number of imide groups is 1. The van der Waals surface area contributed by atoms with Gasteiger partial charge in [-0.1, -0.05) is 40.6 Å². The largest absolute Gasteiger partial charge is 0.324 e. The number of amides is 3. The second-order valence-corrected chi connectivity index (χ2v) is 7.12. The average Bonchev–Trinajstić information content (AvgIpc) is 3.15. The number of halogens is 2. The molecule has 2 unspecified atom stereocenters. The van der Waals surface area contributed by atoms with Gasteiger partial charge in [-0.2, -0.15) is 5.11 Å². The van der Waals surface area contributed by atoms with Crippen molar-refractivity contribution < 1.29 is 14.4 Å². The maximum Gasteiger partial charge on any atom is 0.263 e. The van der Waals surface area contributed by atoms with E-state index in [1.807, 2.05) is 0 Å². The van der Waals surface area contributed by atoms with E-state index in [1.165, 1.54) is 11.1 Å². The van der Waals surface area contributed by atoms with Crippen LogP contribution in [0.5, 0.6) is 0 Å². The van der Waals surface area contributed by atoms with Crippen LogP contribution in [0.3, 0.4) is 0 Å². The monoisotopic (exact) mass is 417 g/mol. The van der Waals surface area contributed by atoms with Gasteiger partial charge in [-0.15, -0.1) is 0 Å². The maximum atomic E-state index is 12.9. The summed E-state index contributed by atoms with van der Waals surface area (Å²) in [5.41, 5.74) is 0.870. The first-order valence-corrected chi connectivity index (χ1v) is 9.06. The normalized spacial score (nSPS) is 20.6. The van der Waals surface area contributed by atoms with E-state index in [0.717, 1.165) is 4.90 Å². The van der Waals surface area contributed by atoms with Gasteiger partial charge in [0.15, 0.2) is 12.1 Å². The Balaban J connectivity index is 1.49. The highest BCUT2D eigenvalue weighted by molar-refractivity contribution is 6.32. The fourth-order valence-corrected chi connectivity index (χ4v) is 3.51. The number of hydrogen-bond acceptors (Lipinski definition) is 6. The molecule has 2 heterocycles. The number of anilines is 2. The summed E-state index contributed by atoms with van der Waals surface area (Å²) in [6, 6.07) is 11.1. The standard InChI is InChI=1S/C18H13Cl2N5O3/c19-10-3-1-5-12(7-10)21-14(26)9-24-16-15(22-23-24)17(27)25(18(16)28)13-6-2-4-11(20)8-13/h1-8,15-16H,9H2,(H,21,26). The highest BCUT2D eigenvalue weighted by Gasteiger charge is 2.55. The summed E-state index contributed by atoms with van der Waals surface area (Å²) in [6.45, 7) is -0.237. The topological polar surface area (TPSA) is 94.4 Å². The van der Waals surface area contributed by atoms with E-state index >= 15 is 0 Å². The summed E-state index contributed by atoms with van der Waals surface area (Å²) >= 11 is 11.9. The molecule has 3 amide bonds. The molecule has 0 aliphatic carbocycles. The Morgan fingerprint density at radius 2 is 1.75 bits per heavy atom. The number of carbonyl (C=O) groups excluding carboxylic acids is 3. The smallest absolute Gasteiger partial charge is 0.263 e. The van der Waals surface area contributed by atoms with E-state index < -0.39 is 29.8 Å². The van der Waals surface area contributed by atoms with Gasteiger partial charge in [-0.3, -0.25) is 19.4 Å². The number of rotatable bonds is 4. The summed E-state index contributed by atoms with van der Waals surface area (Å²) in [4.78, 5) is 38.8. The lowest BCUT2D eigenvalue weighted by atomic mass is 10.1. The van der Waals surface area contributed by atoms with Crippen LogP contribution in [0, 0.1) is 0 Å². The quantitative estimate of drug-likeness (QED) is 0.773. The van der Waals surface area contributed by atoms with E-state index in [2.05, 4.69) is 15.7 Å². The van der Waals surface area contributed by atoms with E-state index in [1.54, 1.807) is 42.5 Å². The van der Waals surface area contributed by atoms with Gasteiger partial charge in [0.25, 0.3) is 11.8 Å². The van der Waals surface area contributed by atoms with E-state index in [-0.39, 0.29) is 6.54 Å². The summed E-state index contributed by atoms with van der Waals surface area (Å²) < 4.78 is 0. The summed E-state index contributed by atoms with van der Waals surface area (Å²) in [5, 5.41) is 12.5. The van der Waals surface area contributed by atoms with Crippen LogP contribution < -0.4 is 10.2 Å². The Kier molecular flexibility index (Phi) is 4.74. The Bertz CT molecular complexity index is 1010. The van der Waals surface area contributed by atoms with Crippen LogP contribution in [0.25, 0.3) is 0 Å². The van der Waals surface area contributed by atoms with Gasteiger partial charge in [0.05, 0.1) is 5.69 Å². The molecule has 0 aromatic heterocycles.